The molecule has 5 heteroatoms. The minimum atomic E-state index is -0.586. The van der Waals surface area contributed by atoms with Crippen molar-refractivity contribution in [1.82, 2.24) is 5.32 Å². The highest BCUT2D eigenvalue weighted by atomic mass is 79.9. The summed E-state index contributed by atoms with van der Waals surface area (Å²) in [6.07, 6.45) is 2.63. The number of rotatable bonds is 8. The van der Waals surface area contributed by atoms with Crippen molar-refractivity contribution in [1.29, 1.82) is 0 Å². The lowest BCUT2D eigenvalue weighted by Crippen LogP contribution is -2.37. The lowest BCUT2D eigenvalue weighted by atomic mass is 10.1. The molecule has 1 atom stereocenters. The highest BCUT2D eigenvalue weighted by Crippen LogP contribution is 2.29. The SMILES string of the molecule is CCCCCNC(=O)C(C)Oc1c(C)cc(Br)cc1CO. The van der Waals surface area contributed by atoms with Crippen LogP contribution in [0.1, 0.15) is 44.2 Å². The first-order valence-electron chi connectivity index (χ1n) is 7.33. The Morgan fingerprint density at radius 3 is 2.76 bits per heavy atom. The fraction of sp³-hybridized carbons (Fsp3) is 0.562. The number of aliphatic hydroxyl groups excluding tert-OH is 1. The van der Waals surface area contributed by atoms with Crippen molar-refractivity contribution >= 4 is 21.8 Å². The highest BCUT2D eigenvalue weighted by Gasteiger charge is 2.17. The maximum Gasteiger partial charge on any atom is 0.260 e. The first-order chi connectivity index (χ1) is 9.99. The minimum Gasteiger partial charge on any atom is -0.480 e. The van der Waals surface area contributed by atoms with Crippen LogP contribution in [0.5, 0.6) is 5.75 Å². The fourth-order valence-corrected chi connectivity index (χ4v) is 2.67. The van der Waals surface area contributed by atoms with Gasteiger partial charge in [-0.15, -0.1) is 0 Å². The highest BCUT2D eigenvalue weighted by molar-refractivity contribution is 9.10. The summed E-state index contributed by atoms with van der Waals surface area (Å²) in [6, 6.07) is 3.70. The summed E-state index contributed by atoms with van der Waals surface area (Å²) in [5.74, 6) is 0.453. The Morgan fingerprint density at radius 1 is 1.43 bits per heavy atom. The maximum atomic E-state index is 12.0. The third-order valence-electron chi connectivity index (χ3n) is 3.23. The van der Waals surface area contributed by atoms with E-state index in [1.54, 1.807) is 13.0 Å². The maximum absolute atomic E-state index is 12.0. The molecule has 0 radical (unpaired) electrons. The van der Waals surface area contributed by atoms with Gasteiger partial charge in [0.25, 0.3) is 5.91 Å². The van der Waals surface area contributed by atoms with Crippen molar-refractivity contribution in [2.45, 2.75) is 52.7 Å². The van der Waals surface area contributed by atoms with Gasteiger partial charge in [-0.3, -0.25) is 4.79 Å². The van der Waals surface area contributed by atoms with Crippen LogP contribution in [-0.2, 0) is 11.4 Å². The number of benzene rings is 1. The zero-order valence-corrected chi connectivity index (χ0v) is 14.5. The molecule has 1 aromatic rings. The standard InChI is InChI=1S/C16H24BrNO3/c1-4-5-6-7-18-16(20)12(3)21-15-11(2)8-14(17)9-13(15)10-19/h8-9,12,19H,4-7,10H2,1-3H3,(H,18,20). The van der Waals surface area contributed by atoms with Gasteiger partial charge in [-0.2, -0.15) is 0 Å². The molecule has 21 heavy (non-hydrogen) atoms. The van der Waals surface area contributed by atoms with E-state index in [4.69, 9.17) is 4.74 Å². The molecule has 0 bridgehead atoms. The van der Waals surface area contributed by atoms with Gasteiger partial charge in [0.05, 0.1) is 6.61 Å². The van der Waals surface area contributed by atoms with Crippen LogP contribution in [0.25, 0.3) is 0 Å². The summed E-state index contributed by atoms with van der Waals surface area (Å²) in [4.78, 5) is 12.0. The molecule has 0 aliphatic heterocycles. The normalized spacial score (nSPS) is 12.0. The van der Waals surface area contributed by atoms with E-state index >= 15 is 0 Å². The number of amides is 1. The van der Waals surface area contributed by atoms with Crippen LogP contribution in [0.3, 0.4) is 0 Å². The third kappa shape index (κ3) is 5.67. The predicted molar refractivity (Wildman–Crippen MR) is 87.4 cm³/mol. The van der Waals surface area contributed by atoms with E-state index < -0.39 is 6.10 Å². The molecule has 0 saturated carbocycles. The molecule has 0 aliphatic rings. The Morgan fingerprint density at radius 2 is 2.14 bits per heavy atom. The zero-order chi connectivity index (χ0) is 15.8. The molecular formula is C16H24BrNO3. The molecule has 0 aliphatic carbocycles. The molecule has 0 fully saturated rings. The molecule has 0 heterocycles. The Hall–Kier alpha value is -1.07. The molecule has 1 aromatic carbocycles. The van der Waals surface area contributed by atoms with Gasteiger partial charge in [0.1, 0.15) is 5.75 Å². The summed E-state index contributed by atoms with van der Waals surface area (Å²) in [5.41, 5.74) is 1.56. The summed E-state index contributed by atoms with van der Waals surface area (Å²) in [5, 5.41) is 12.3. The molecule has 2 N–H and O–H groups in total. The van der Waals surface area contributed by atoms with Gasteiger partial charge in [-0.25, -0.2) is 0 Å². The quantitative estimate of drug-likeness (QED) is 0.701. The Balaban J connectivity index is 2.65. The summed E-state index contributed by atoms with van der Waals surface area (Å²) >= 11 is 3.39. The number of carbonyl (C=O) groups is 1. The largest absolute Gasteiger partial charge is 0.480 e. The van der Waals surface area contributed by atoms with Crippen LogP contribution in [-0.4, -0.2) is 23.7 Å². The van der Waals surface area contributed by atoms with Gasteiger partial charge in [0, 0.05) is 16.6 Å². The number of unbranched alkanes of at least 4 members (excludes halogenated alkanes) is 2. The summed E-state index contributed by atoms with van der Waals surface area (Å²) in [6.45, 7) is 6.29. The topological polar surface area (TPSA) is 58.6 Å². The number of halogens is 1. The number of nitrogens with one attached hydrogen (secondary N) is 1. The van der Waals surface area contributed by atoms with Crippen LogP contribution < -0.4 is 10.1 Å². The van der Waals surface area contributed by atoms with E-state index in [1.165, 1.54) is 0 Å². The van der Waals surface area contributed by atoms with Crippen LogP contribution in [0.2, 0.25) is 0 Å². The zero-order valence-electron chi connectivity index (χ0n) is 12.9. The van der Waals surface area contributed by atoms with Crippen LogP contribution in [0.4, 0.5) is 0 Å². The average Bonchev–Trinajstić information content (AvgIpc) is 2.45. The van der Waals surface area contributed by atoms with Crippen LogP contribution in [0, 0.1) is 6.92 Å². The number of hydrogen-bond acceptors (Lipinski definition) is 3. The second-order valence-corrected chi connectivity index (χ2v) is 6.04. The predicted octanol–water partition coefficient (Wildman–Crippen LogP) is 3.32. The van der Waals surface area contributed by atoms with Crippen molar-refractivity contribution in [3.63, 3.8) is 0 Å². The number of aryl methyl sites for hydroxylation is 1. The number of carbonyl (C=O) groups excluding carboxylic acids is 1. The van der Waals surface area contributed by atoms with E-state index in [2.05, 4.69) is 28.2 Å². The van der Waals surface area contributed by atoms with Crippen molar-refractivity contribution in [2.75, 3.05) is 6.54 Å². The monoisotopic (exact) mass is 357 g/mol. The third-order valence-corrected chi connectivity index (χ3v) is 3.69. The number of aliphatic hydroxyl groups is 1. The van der Waals surface area contributed by atoms with Gasteiger partial charge in [0.15, 0.2) is 6.10 Å². The summed E-state index contributed by atoms with van der Waals surface area (Å²) < 4.78 is 6.63. The molecule has 4 nitrogen and oxygen atoms in total. The van der Waals surface area contributed by atoms with E-state index in [0.29, 0.717) is 17.9 Å². The van der Waals surface area contributed by atoms with Crippen LogP contribution >= 0.6 is 15.9 Å². The molecule has 0 spiro atoms. The van der Waals surface area contributed by atoms with E-state index in [0.717, 1.165) is 29.3 Å². The molecule has 1 amide bonds. The summed E-state index contributed by atoms with van der Waals surface area (Å²) in [7, 11) is 0. The lowest BCUT2D eigenvalue weighted by molar-refractivity contribution is -0.127. The van der Waals surface area contributed by atoms with Crippen molar-refractivity contribution in [3.8, 4) is 5.75 Å². The van der Waals surface area contributed by atoms with Gasteiger partial charge in [-0.05, 0) is 38.0 Å². The van der Waals surface area contributed by atoms with Gasteiger partial charge >= 0.3 is 0 Å². The molecule has 118 valence electrons. The van der Waals surface area contributed by atoms with Crippen molar-refractivity contribution in [2.24, 2.45) is 0 Å². The van der Waals surface area contributed by atoms with E-state index in [-0.39, 0.29) is 12.5 Å². The first kappa shape index (κ1) is 18.0. The van der Waals surface area contributed by atoms with Gasteiger partial charge in [0.2, 0.25) is 0 Å². The molecule has 0 aromatic heterocycles. The van der Waals surface area contributed by atoms with Crippen LogP contribution in [0.15, 0.2) is 16.6 Å². The molecule has 1 rings (SSSR count). The van der Waals surface area contributed by atoms with E-state index in [9.17, 15) is 9.90 Å². The Bertz CT molecular complexity index is 477. The first-order valence-corrected chi connectivity index (χ1v) is 8.13. The Kier molecular flexibility index (Phi) is 7.75. The average molecular weight is 358 g/mol. The number of ether oxygens (including phenoxy) is 1. The fourth-order valence-electron chi connectivity index (χ4n) is 2.05. The van der Waals surface area contributed by atoms with Gasteiger partial charge < -0.3 is 15.2 Å². The molecular weight excluding hydrogens is 334 g/mol. The Labute approximate surface area is 135 Å². The smallest absolute Gasteiger partial charge is 0.260 e. The molecule has 0 saturated heterocycles. The van der Waals surface area contributed by atoms with Crippen molar-refractivity contribution in [3.05, 3.63) is 27.7 Å². The molecule has 1 unspecified atom stereocenters. The second kappa shape index (κ2) is 9.05. The number of hydrogen-bond donors (Lipinski definition) is 2. The lowest BCUT2D eigenvalue weighted by Gasteiger charge is -2.19. The second-order valence-electron chi connectivity index (χ2n) is 5.13. The minimum absolute atomic E-state index is 0.125. The van der Waals surface area contributed by atoms with Crippen molar-refractivity contribution < 1.29 is 14.6 Å². The van der Waals surface area contributed by atoms with Gasteiger partial charge in [-0.1, -0.05) is 35.7 Å². The van der Waals surface area contributed by atoms with E-state index in [1.807, 2.05) is 13.0 Å².